The van der Waals surface area contributed by atoms with Gasteiger partial charge >= 0.3 is 5.97 Å². The Morgan fingerprint density at radius 1 is 1.47 bits per heavy atom. The van der Waals surface area contributed by atoms with Crippen LogP contribution in [0.1, 0.15) is 30.8 Å². The Balaban J connectivity index is 2.51. The van der Waals surface area contributed by atoms with E-state index in [1.165, 1.54) is 6.07 Å². The maximum atomic E-state index is 10.7. The van der Waals surface area contributed by atoms with Crippen LogP contribution >= 0.6 is 0 Å². The van der Waals surface area contributed by atoms with E-state index in [2.05, 4.69) is 10.3 Å². The topological polar surface area (TPSA) is 82.5 Å². The average Bonchev–Trinajstić information content (AvgIpc) is 2.26. The number of hydrogen-bond acceptors (Lipinski definition) is 4. The van der Waals surface area contributed by atoms with Crippen LogP contribution in [0.15, 0.2) is 18.2 Å². The number of nitrogens with zero attached hydrogens (tertiary/aromatic N) is 1. The van der Waals surface area contributed by atoms with E-state index < -0.39 is 12.1 Å². The summed E-state index contributed by atoms with van der Waals surface area (Å²) < 4.78 is 0. The first-order chi connectivity index (χ1) is 7.99. The fraction of sp³-hybridized carbons (Fsp3) is 0.500. The fourth-order valence-electron chi connectivity index (χ4n) is 1.50. The van der Waals surface area contributed by atoms with Crippen molar-refractivity contribution in [2.24, 2.45) is 5.92 Å². The van der Waals surface area contributed by atoms with Crippen molar-refractivity contribution in [1.29, 1.82) is 0 Å². The predicted octanol–water partition coefficient (Wildman–Crippen LogP) is 1.60. The molecule has 1 aromatic heterocycles. The van der Waals surface area contributed by atoms with Gasteiger partial charge in [0.05, 0.1) is 6.10 Å². The lowest BCUT2D eigenvalue weighted by atomic mass is 10.1. The molecule has 0 aliphatic carbocycles. The van der Waals surface area contributed by atoms with Gasteiger partial charge < -0.3 is 15.5 Å². The minimum atomic E-state index is -1.06. The third kappa shape index (κ3) is 4.82. The largest absolute Gasteiger partial charge is 0.477 e. The maximum Gasteiger partial charge on any atom is 0.354 e. The van der Waals surface area contributed by atoms with E-state index in [4.69, 9.17) is 5.11 Å². The molecular weight excluding hydrogens is 220 g/mol. The first kappa shape index (κ1) is 13.4. The summed E-state index contributed by atoms with van der Waals surface area (Å²) in [5.74, 6) is -0.172. The number of pyridine rings is 1. The summed E-state index contributed by atoms with van der Waals surface area (Å²) in [7, 11) is 0. The Hall–Kier alpha value is -1.62. The molecule has 17 heavy (non-hydrogen) atoms. The van der Waals surface area contributed by atoms with E-state index in [9.17, 15) is 9.90 Å². The Bertz CT molecular complexity index is 380. The van der Waals surface area contributed by atoms with E-state index in [-0.39, 0.29) is 5.69 Å². The van der Waals surface area contributed by atoms with Gasteiger partial charge in [0, 0.05) is 6.54 Å². The Morgan fingerprint density at radius 2 is 2.18 bits per heavy atom. The van der Waals surface area contributed by atoms with Gasteiger partial charge in [0.2, 0.25) is 0 Å². The summed E-state index contributed by atoms with van der Waals surface area (Å²) in [6.45, 7) is 4.44. The van der Waals surface area contributed by atoms with Crippen molar-refractivity contribution in [2.45, 2.75) is 26.4 Å². The van der Waals surface area contributed by atoms with Crippen molar-refractivity contribution in [2.75, 3.05) is 11.9 Å². The van der Waals surface area contributed by atoms with Crippen LogP contribution in [0.25, 0.3) is 0 Å². The third-order valence-electron chi connectivity index (χ3n) is 2.23. The number of rotatable bonds is 6. The first-order valence-electron chi connectivity index (χ1n) is 5.61. The molecule has 0 radical (unpaired) electrons. The van der Waals surface area contributed by atoms with Crippen molar-refractivity contribution in [1.82, 2.24) is 4.98 Å². The van der Waals surface area contributed by atoms with E-state index >= 15 is 0 Å². The molecule has 1 aromatic rings. The molecule has 1 rings (SSSR count). The predicted molar refractivity (Wildman–Crippen MR) is 65.1 cm³/mol. The average molecular weight is 238 g/mol. The van der Waals surface area contributed by atoms with Crippen molar-refractivity contribution in [3.63, 3.8) is 0 Å². The van der Waals surface area contributed by atoms with Gasteiger partial charge in [-0.2, -0.15) is 0 Å². The molecule has 94 valence electrons. The number of carbonyl (C=O) groups is 1. The van der Waals surface area contributed by atoms with Crippen LogP contribution < -0.4 is 5.32 Å². The van der Waals surface area contributed by atoms with Crippen LogP contribution in [0.4, 0.5) is 5.82 Å². The lowest BCUT2D eigenvalue weighted by Gasteiger charge is -2.14. The van der Waals surface area contributed by atoms with Gasteiger partial charge in [-0.15, -0.1) is 0 Å². The third-order valence-corrected chi connectivity index (χ3v) is 2.23. The van der Waals surface area contributed by atoms with E-state index in [1.54, 1.807) is 12.1 Å². The molecule has 0 aromatic carbocycles. The zero-order valence-electron chi connectivity index (χ0n) is 10.1. The molecule has 1 heterocycles. The Kier molecular flexibility index (Phi) is 4.90. The first-order valence-corrected chi connectivity index (χ1v) is 5.61. The molecule has 0 saturated carbocycles. The van der Waals surface area contributed by atoms with Gasteiger partial charge in [0.15, 0.2) is 5.69 Å². The van der Waals surface area contributed by atoms with E-state index in [0.717, 1.165) is 0 Å². The molecule has 0 bridgehead atoms. The van der Waals surface area contributed by atoms with Crippen LogP contribution in [0, 0.1) is 5.92 Å². The molecule has 3 N–H and O–H groups in total. The number of hydrogen-bond donors (Lipinski definition) is 3. The highest BCUT2D eigenvalue weighted by Gasteiger charge is 2.08. The number of anilines is 1. The molecule has 5 heteroatoms. The van der Waals surface area contributed by atoms with Gasteiger partial charge in [-0.1, -0.05) is 19.9 Å². The number of nitrogens with one attached hydrogen (secondary N) is 1. The zero-order valence-corrected chi connectivity index (χ0v) is 10.1. The maximum absolute atomic E-state index is 10.7. The van der Waals surface area contributed by atoms with Gasteiger partial charge in [0.1, 0.15) is 5.82 Å². The van der Waals surface area contributed by atoms with Gasteiger partial charge in [-0.3, -0.25) is 0 Å². The number of aromatic nitrogens is 1. The summed E-state index contributed by atoms with van der Waals surface area (Å²) in [6.07, 6.45) is 0.247. The molecule has 0 spiro atoms. The quantitative estimate of drug-likeness (QED) is 0.701. The molecule has 5 nitrogen and oxygen atoms in total. The van der Waals surface area contributed by atoms with Gasteiger partial charge in [0.25, 0.3) is 0 Å². The SMILES string of the molecule is CC(C)CC(O)CNc1cccc(C(=O)O)n1. The monoisotopic (exact) mass is 238 g/mol. The van der Waals surface area contributed by atoms with Crippen molar-refractivity contribution in [3.8, 4) is 0 Å². The summed E-state index contributed by atoms with van der Waals surface area (Å²) >= 11 is 0. The zero-order chi connectivity index (χ0) is 12.8. The van der Waals surface area contributed by atoms with Crippen molar-refractivity contribution < 1.29 is 15.0 Å². The molecular formula is C12H18N2O3. The normalized spacial score (nSPS) is 12.5. The van der Waals surface area contributed by atoms with E-state index in [0.29, 0.717) is 24.7 Å². The highest BCUT2D eigenvalue weighted by atomic mass is 16.4. The number of carboxylic acid groups (broad SMARTS) is 1. The second kappa shape index (κ2) is 6.20. The standard InChI is InChI=1S/C12H18N2O3/c1-8(2)6-9(15)7-13-11-5-3-4-10(14-11)12(16)17/h3-5,8-9,15H,6-7H2,1-2H3,(H,13,14)(H,16,17). The molecule has 0 fully saturated rings. The van der Waals surface area contributed by atoms with Gasteiger partial charge in [-0.05, 0) is 24.5 Å². The summed E-state index contributed by atoms with van der Waals surface area (Å²) in [5, 5.41) is 21.3. The molecule has 0 saturated heterocycles. The summed E-state index contributed by atoms with van der Waals surface area (Å²) in [6, 6.07) is 4.72. The van der Waals surface area contributed by atoms with Crippen molar-refractivity contribution in [3.05, 3.63) is 23.9 Å². The highest BCUT2D eigenvalue weighted by Crippen LogP contribution is 2.08. The van der Waals surface area contributed by atoms with Crippen molar-refractivity contribution >= 4 is 11.8 Å². The second-order valence-corrected chi connectivity index (χ2v) is 4.38. The Labute approximate surface area is 101 Å². The summed E-state index contributed by atoms with van der Waals surface area (Å²) in [5.41, 5.74) is -0.00616. The lowest BCUT2D eigenvalue weighted by Crippen LogP contribution is -2.21. The lowest BCUT2D eigenvalue weighted by molar-refractivity contribution is 0.0690. The molecule has 1 unspecified atom stereocenters. The number of carboxylic acids is 1. The smallest absolute Gasteiger partial charge is 0.354 e. The minimum absolute atomic E-state index is 0.00616. The van der Waals surface area contributed by atoms with Crippen LogP contribution in [0.3, 0.4) is 0 Å². The van der Waals surface area contributed by atoms with Gasteiger partial charge in [-0.25, -0.2) is 9.78 Å². The fourth-order valence-corrected chi connectivity index (χ4v) is 1.50. The molecule has 0 aliphatic heterocycles. The van der Waals surface area contributed by atoms with Crippen LogP contribution in [0.5, 0.6) is 0 Å². The van der Waals surface area contributed by atoms with Crippen LogP contribution in [0.2, 0.25) is 0 Å². The van der Waals surface area contributed by atoms with Crippen LogP contribution in [-0.4, -0.2) is 33.8 Å². The molecule has 0 aliphatic rings. The second-order valence-electron chi connectivity index (χ2n) is 4.38. The van der Waals surface area contributed by atoms with E-state index in [1.807, 2.05) is 13.8 Å². The minimum Gasteiger partial charge on any atom is -0.477 e. The number of aromatic carboxylic acids is 1. The van der Waals surface area contributed by atoms with Crippen LogP contribution in [-0.2, 0) is 0 Å². The number of aliphatic hydroxyl groups is 1. The number of aliphatic hydroxyl groups excluding tert-OH is 1. The molecule has 0 amide bonds. The Morgan fingerprint density at radius 3 is 2.76 bits per heavy atom. The molecule has 1 atom stereocenters. The highest BCUT2D eigenvalue weighted by molar-refractivity contribution is 5.85. The summed E-state index contributed by atoms with van der Waals surface area (Å²) in [4.78, 5) is 14.6.